The number of carboxylic acid groups (broad SMARTS) is 1. The highest BCUT2D eigenvalue weighted by Crippen LogP contribution is 2.33. The Labute approximate surface area is 93.2 Å². The zero-order chi connectivity index (χ0) is 13.2. The van der Waals surface area contributed by atoms with Gasteiger partial charge in [-0.3, -0.25) is 0 Å². The summed E-state index contributed by atoms with van der Waals surface area (Å²) >= 11 is 0. The summed E-state index contributed by atoms with van der Waals surface area (Å²) in [6.07, 6.45) is -3.38. The van der Waals surface area contributed by atoms with Crippen LogP contribution in [0.1, 0.15) is 11.1 Å². The molecule has 7 heteroatoms. The molecule has 0 saturated heterocycles. The van der Waals surface area contributed by atoms with Crippen molar-refractivity contribution in [3.05, 3.63) is 35.2 Å². The number of carbonyl (C=O) groups is 1. The average molecular weight is 249 g/mol. The molecule has 0 heterocycles. The lowest BCUT2D eigenvalue weighted by Crippen LogP contribution is -2.09. The molecule has 0 aliphatic heterocycles. The van der Waals surface area contributed by atoms with Crippen molar-refractivity contribution in [1.29, 1.82) is 0 Å². The number of carboxylic acids is 1. The van der Waals surface area contributed by atoms with Gasteiger partial charge in [-0.05, 0) is 23.8 Å². The second-order valence-electron chi connectivity index (χ2n) is 3.13. The van der Waals surface area contributed by atoms with Gasteiger partial charge in [0.05, 0.1) is 5.56 Å². The number of benzene rings is 1. The Kier molecular flexibility index (Phi) is 3.40. The Bertz CT molecular complexity index is 480. The van der Waals surface area contributed by atoms with Crippen molar-refractivity contribution in [3.8, 4) is 0 Å². The number of rotatable bonds is 2. The summed E-state index contributed by atoms with van der Waals surface area (Å²) in [5, 5.41) is 8.33. The molecule has 3 N–H and O–H groups in total. The first kappa shape index (κ1) is 13.0. The first-order valence-electron chi connectivity index (χ1n) is 4.29. The van der Waals surface area contributed by atoms with Crippen LogP contribution in [0.2, 0.25) is 0 Å². The van der Waals surface area contributed by atoms with Crippen LogP contribution < -0.4 is 5.73 Å². The number of hydrogen-bond acceptors (Lipinski definition) is 2. The number of nitrogen functional groups attached to an aromatic ring is 1. The molecular weight excluding hydrogens is 242 g/mol. The van der Waals surface area contributed by atoms with Crippen LogP contribution >= 0.6 is 0 Å². The molecule has 92 valence electrons. The van der Waals surface area contributed by atoms with E-state index in [-0.39, 0.29) is 11.3 Å². The lowest BCUT2D eigenvalue weighted by atomic mass is 10.1. The monoisotopic (exact) mass is 249 g/mol. The molecule has 17 heavy (non-hydrogen) atoms. The average Bonchev–Trinajstić information content (AvgIpc) is 2.13. The maximum Gasteiger partial charge on any atom is 0.419 e. The summed E-state index contributed by atoms with van der Waals surface area (Å²) in [5.41, 5.74) is 3.30. The van der Waals surface area contributed by atoms with E-state index >= 15 is 0 Å². The summed E-state index contributed by atoms with van der Waals surface area (Å²) in [6, 6.07) is 0.967. The molecule has 1 rings (SSSR count). The maximum atomic E-state index is 13.0. The topological polar surface area (TPSA) is 63.3 Å². The predicted molar refractivity (Wildman–Crippen MR) is 52.5 cm³/mol. The van der Waals surface area contributed by atoms with E-state index in [9.17, 15) is 22.4 Å². The van der Waals surface area contributed by atoms with E-state index in [1.165, 1.54) is 0 Å². The van der Waals surface area contributed by atoms with E-state index in [1.54, 1.807) is 0 Å². The SMILES string of the molecule is Nc1cc(F)c(C(F)(F)F)cc1C=CC(=O)O. The molecule has 0 bridgehead atoms. The normalized spacial score (nSPS) is 12.0. The van der Waals surface area contributed by atoms with Crippen molar-refractivity contribution in [3.63, 3.8) is 0 Å². The third-order valence-electron chi connectivity index (χ3n) is 1.88. The quantitative estimate of drug-likeness (QED) is 0.481. The fraction of sp³-hybridized carbons (Fsp3) is 0.100. The molecule has 0 radical (unpaired) electrons. The van der Waals surface area contributed by atoms with E-state index < -0.39 is 23.5 Å². The van der Waals surface area contributed by atoms with E-state index in [2.05, 4.69) is 0 Å². The van der Waals surface area contributed by atoms with Crippen molar-refractivity contribution in [1.82, 2.24) is 0 Å². The van der Waals surface area contributed by atoms with E-state index in [4.69, 9.17) is 10.8 Å². The second kappa shape index (κ2) is 4.44. The van der Waals surface area contributed by atoms with E-state index in [0.29, 0.717) is 18.2 Å². The fourth-order valence-corrected chi connectivity index (χ4v) is 1.13. The molecule has 3 nitrogen and oxygen atoms in total. The molecule has 0 saturated carbocycles. The van der Waals surface area contributed by atoms with Gasteiger partial charge in [-0.15, -0.1) is 0 Å². The van der Waals surface area contributed by atoms with Crippen LogP contribution in [-0.2, 0) is 11.0 Å². The highest BCUT2D eigenvalue weighted by Gasteiger charge is 2.34. The Balaban J connectivity index is 3.29. The first-order chi connectivity index (χ1) is 7.71. The molecule has 0 spiro atoms. The van der Waals surface area contributed by atoms with Crippen molar-refractivity contribution in [2.45, 2.75) is 6.18 Å². The highest BCUT2D eigenvalue weighted by molar-refractivity contribution is 5.86. The zero-order valence-corrected chi connectivity index (χ0v) is 8.25. The van der Waals surface area contributed by atoms with Gasteiger partial charge in [-0.1, -0.05) is 0 Å². The van der Waals surface area contributed by atoms with Crippen LogP contribution in [-0.4, -0.2) is 11.1 Å². The van der Waals surface area contributed by atoms with Crippen molar-refractivity contribution >= 4 is 17.7 Å². The zero-order valence-electron chi connectivity index (χ0n) is 8.25. The minimum atomic E-state index is -4.86. The smallest absolute Gasteiger partial charge is 0.419 e. The van der Waals surface area contributed by atoms with Crippen molar-refractivity contribution < 1.29 is 27.5 Å². The summed E-state index contributed by atoms with van der Waals surface area (Å²) in [7, 11) is 0. The summed E-state index contributed by atoms with van der Waals surface area (Å²) in [6.45, 7) is 0. The van der Waals surface area contributed by atoms with Gasteiger partial charge in [0.1, 0.15) is 5.82 Å². The largest absolute Gasteiger partial charge is 0.478 e. The van der Waals surface area contributed by atoms with Crippen LogP contribution in [0.15, 0.2) is 18.2 Å². The number of alkyl halides is 3. The van der Waals surface area contributed by atoms with E-state index in [1.807, 2.05) is 0 Å². The Hall–Kier alpha value is -2.05. The minimum absolute atomic E-state index is 0.207. The first-order valence-corrected chi connectivity index (χ1v) is 4.29. The molecule has 0 amide bonds. The number of halogens is 4. The third-order valence-corrected chi connectivity index (χ3v) is 1.88. The highest BCUT2D eigenvalue weighted by atomic mass is 19.4. The number of aliphatic carboxylic acids is 1. The summed E-state index contributed by atoms with van der Waals surface area (Å²) < 4.78 is 50.0. The molecule has 1 aromatic carbocycles. The van der Waals surface area contributed by atoms with Crippen LogP contribution in [0.25, 0.3) is 6.08 Å². The Morgan fingerprint density at radius 3 is 2.41 bits per heavy atom. The molecular formula is C10H7F4NO2. The minimum Gasteiger partial charge on any atom is -0.478 e. The maximum absolute atomic E-state index is 13.0. The molecule has 0 aliphatic carbocycles. The number of nitrogens with two attached hydrogens (primary N) is 1. The molecule has 0 aromatic heterocycles. The molecule has 1 aromatic rings. The molecule has 0 fully saturated rings. The van der Waals surface area contributed by atoms with Gasteiger partial charge in [0.2, 0.25) is 0 Å². The van der Waals surface area contributed by atoms with Crippen LogP contribution in [0.4, 0.5) is 23.2 Å². The van der Waals surface area contributed by atoms with Gasteiger partial charge in [0.25, 0.3) is 0 Å². The van der Waals surface area contributed by atoms with Gasteiger partial charge >= 0.3 is 12.1 Å². The van der Waals surface area contributed by atoms with Gasteiger partial charge in [-0.2, -0.15) is 13.2 Å². The van der Waals surface area contributed by atoms with Gasteiger partial charge in [0.15, 0.2) is 0 Å². The number of hydrogen-bond donors (Lipinski definition) is 2. The second-order valence-corrected chi connectivity index (χ2v) is 3.13. The van der Waals surface area contributed by atoms with Crippen LogP contribution in [0.5, 0.6) is 0 Å². The third kappa shape index (κ3) is 3.20. The van der Waals surface area contributed by atoms with Crippen LogP contribution in [0, 0.1) is 5.82 Å². The van der Waals surface area contributed by atoms with E-state index in [0.717, 1.165) is 6.08 Å². The van der Waals surface area contributed by atoms with Crippen LogP contribution in [0.3, 0.4) is 0 Å². The Morgan fingerprint density at radius 1 is 1.35 bits per heavy atom. The fourth-order valence-electron chi connectivity index (χ4n) is 1.13. The van der Waals surface area contributed by atoms with Crippen molar-refractivity contribution in [2.75, 3.05) is 5.73 Å². The molecule has 0 unspecified atom stereocenters. The van der Waals surface area contributed by atoms with Gasteiger partial charge in [0, 0.05) is 11.8 Å². The summed E-state index contributed by atoms with van der Waals surface area (Å²) in [4.78, 5) is 10.2. The lowest BCUT2D eigenvalue weighted by molar-refractivity contribution is -0.140. The lowest BCUT2D eigenvalue weighted by Gasteiger charge is -2.10. The predicted octanol–water partition coefficient (Wildman–Crippen LogP) is 2.52. The molecule has 0 aliphatic rings. The standard InChI is InChI=1S/C10H7F4NO2/c11-7-4-8(15)5(1-2-9(16)17)3-6(7)10(12,13)14/h1-4H,15H2,(H,16,17). The van der Waals surface area contributed by atoms with Gasteiger partial charge < -0.3 is 10.8 Å². The molecule has 0 atom stereocenters. The van der Waals surface area contributed by atoms with Crippen molar-refractivity contribution in [2.24, 2.45) is 0 Å². The number of anilines is 1. The summed E-state index contributed by atoms with van der Waals surface area (Å²) in [5.74, 6) is -2.84. The van der Waals surface area contributed by atoms with Gasteiger partial charge in [-0.25, -0.2) is 9.18 Å². The Morgan fingerprint density at radius 2 is 1.94 bits per heavy atom.